The standard InChI is InChI=1S/C26H19Cl2N3OS/c27-21-11-6-12-22(28)20(21)15-29-26-30-24-23(32)13-14-31(25(24)33-26)16-18-9-4-5-10-19(18)17-7-2-1-3-8-17/h1-14H,15-16H2,(H,29,30). The number of thiazole rings is 1. The summed E-state index contributed by atoms with van der Waals surface area (Å²) >= 11 is 14.0. The lowest BCUT2D eigenvalue weighted by molar-refractivity contribution is 0.833. The Morgan fingerprint density at radius 2 is 1.61 bits per heavy atom. The van der Waals surface area contributed by atoms with Gasteiger partial charge in [-0.2, -0.15) is 0 Å². The number of hydrogen-bond acceptors (Lipinski definition) is 4. The molecule has 7 heteroatoms. The number of halogens is 2. The van der Waals surface area contributed by atoms with Gasteiger partial charge in [0.25, 0.3) is 0 Å². The Morgan fingerprint density at radius 3 is 2.39 bits per heavy atom. The van der Waals surface area contributed by atoms with Crippen LogP contribution in [0.1, 0.15) is 11.1 Å². The van der Waals surface area contributed by atoms with Gasteiger partial charge in [-0.1, -0.05) is 95.2 Å². The number of fused-ring (bicyclic) bond motifs is 1. The van der Waals surface area contributed by atoms with Crippen LogP contribution in [0.2, 0.25) is 10.0 Å². The second-order valence-corrected chi connectivity index (χ2v) is 9.35. The molecule has 0 saturated heterocycles. The molecular formula is C26H19Cl2N3OS. The number of rotatable bonds is 6. The zero-order valence-electron chi connectivity index (χ0n) is 17.5. The first-order valence-corrected chi connectivity index (χ1v) is 12.0. The number of pyridine rings is 1. The van der Waals surface area contributed by atoms with E-state index < -0.39 is 0 Å². The first-order chi connectivity index (χ1) is 16.1. The quantitative estimate of drug-likeness (QED) is 0.275. The molecule has 1 N–H and O–H groups in total. The minimum absolute atomic E-state index is 0.0994. The first kappa shape index (κ1) is 21.7. The Labute approximate surface area is 205 Å². The van der Waals surface area contributed by atoms with Gasteiger partial charge in [-0.3, -0.25) is 4.79 Å². The average Bonchev–Trinajstić information content (AvgIpc) is 3.27. The van der Waals surface area contributed by atoms with Crippen LogP contribution in [0.25, 0.3) is 21.5 Å². The molecule has 0 atom stereocenters. The van der Waals surface area contributed by atoms with Gasteiger partial charge >= 0.3 is 0 Å². The van der Waals surface area contributed by atoms with Crippen molar-refractivity contribution in [2.75, 3.05) is 5.32 Å². The van der Waals surface area contributed by atoms with Crippen LogP contribution in [0.4, 0.5) is 5.13 Å². The number of nitrogens with zero attached hydrogens (tertiary/aromatic N) is 2. The van der Waals surface area contributed by atoms with Crippen molar-refractivity contribution in [2.24, 2.45) is 0 Å². The Morgan fingerprint density at radius 1 is 0.879 bits per heavy atom. The molecule has 164 valence electrons. The number of hydrogen-bond donors (Lipinski definition) is 1. The van der Waals surface area contributed by atoms with E-state index in [0.717, 1.165) is 16.0 Å². The third-order valence-electron chi connectivity index (χ3n) is 5.43. The van der Waals surface area contributed by atoms with Gasteiger partial charge in [0.05, 0.1) is 0 Å². The topological polar surface area (TPSA) is 46.9 Å². The van der Waals surface area contributed by atoms with Crippen LogP contribution in [0.5, 0.6) is 0 Å². The van der Waals surface area contributed by atoms with Crippen LogP contribution in [-0.4, -0.2) is 9.55 Å². The lowest BCUT2D eigenvalue weighted by Gasteiger charge is -2.12. The summed E-state index contributed by atoms with van der Waals surface area (Å²) in [6, 6.07) is 25.6. The van der Waals surface area contributed by atoms with Gasteiger partial charge < -0.3 is 9.88 Å². The Kier molecular flexibility index (Phi) is 6.18. The summed E-state index contributed by atoms with van der Waals surface area (Å²) in [6.45, 7) is 1.04. The fraction of sp³-hybridized carbons (Fsp3) is 0.0769. The van der Waals surface area contributed by atoms with Crippen molar-refractivity contribution < 1.29 is 0 Å². The van der Waals surface area contributed by atoms with Crippen molar-refractivity contribution in [1.29, 1.82) is 0 Å². The van der Waals surface area contributed by atoms with Gasteiger partial charge in [0.2, 0.25) is 5.43 Å². The molecule has 4 nitrogen and oxygen atoms in total. The second kappa shape index (κ2) is 9.40. The summed E-state index contributed by atoms with van der Waals surface area (Å²) in [5, 5.41) is 5.10. The fourth-order valence-electron chi connectivity index (χ4n) is 3.78. The highest BCUT2D eigenvalue weighted by molar-refractivity contribution is 7.21. The molecule has 0 amide bonds. The molecule has 0 aliphatic heterocycles. The predicted molar refractivity (Wildman–Crippen MR) is 139 cm³/mol. The molecule has 33 heavy (non-hydrogen) atoms. The van der Waals surface area contributed by atoms with Crippen LogP contribution in [-0.2, 0) is 13.1 Å². The Hall–Kier alpha value is -3.12. The van der Waals surface area contributed by atoms with E-state index >= 15 is 0 Å². The number of benzene rings is 3. The van der Waals surface area contributed by atoms with Crippen molar-refractivity contribution in [3.63, 3.8) is 0 Å². The molecule has 2 heterocycles. The maximum absolute atomic E-state index is 12.5. The summed E-state index contributed by atoms with van der Waals surface area (Å²) in [7, 11) is 0. The van der Waals surface area contributed by atoms with Gasteiger partial charge in [-0.05, 0) is 28.8 Å². The van der Waals surface area contributed by atoms with Crippen molar-refractivity contribution in [3.05, 3.63) is 116 Å². The highest BCUT2D eigenvalue weighted by atomic mass is 35.5. The third kappa shape index (κ3) is 4.53. The molecule has 5 rings (SSSR count). The van der Waals surface area contributed by atoms with Crippen molar-refractivity contribution in [1.82, 2.24) is 9.55 Å². The lowest BCUT2D eigenvalue weighted by Crippen LogP contribution is -2.08. The minimum Gasteiger partial charge on any atom is -0.357 e. The summed E-state index contributed by atoms with van der Waals surface area (Å²) in [5.74, 6) is 0. The molecule has 0 radical (unpaired) electrons. The fourth-order valence-corrected chi connectivity index (χ4v) is 5.26. The largest absolute Gasteiger partial charge is 0.357 e. The normalized spacial score (nSPS) is 11.1. The van der Waals surface area contributed by atoms with E-state index in [2.05, 4.69) is 39.1 Å². The molecule has 0 unspecified atom stereocenters. The van der Waals surface area contributed by atoms with E-state index in [1.165, 1.54) is 22.5 Å². The second-order valence-electron chi connectivity index (χ2n) is 7.56. The highest BCUT2D eigenvalue weighted by Crippen LogP contribution is 2.30. The molecule has 0 aliphatic rings. The van der Waals surface area contributed by atoms with Crippen LogP contribution in [0.3, 0.4) is 0 Å². The molecule has 0 saturated carbocycles. The van der Waals surface area contributed by atoms with Crippen molar-refractivity contribution in [3.8, 4) is 11.1 Å². The minimum atomic E-state index is -0.0994. The summed E-state index contributed by atoms with van der Waals surface area (Å²) < 4.78 is 2.07. The Balaban J connectivity index is 1.48. The van der Waals surface area contributed by atoms with Crippen molar-refractivity contribution in [2.45, 2.75) is 13.1 Å². The smallest absolute Gasteiger partial charge is 0.208 e. The van der Waals surface area contributed by atoms with E-state index in [1.54, 1.807) is 18.2 Å². The number of anilines is 1. The van der Waals surface area contributed by atoms with E-state index in [-0.39, 0.29) is 5.43 Å². The maximum Gasteiger partial charge on any atom is 0.208 e. The lowest BCUT2D eigenvalue weighted by atomic mass is 10.00. The van der Waals surface area contributed by atoms with Crippen LogP contribution in [0, 0.1) is 0 Å². The summed E-state index contributed by atoms with van der Waals surface area (Å²) in [6.07, 6.45) is 1.83. The summed E-state index contributed by atoms with van der Waals surface area (Å²) in [5.41, 5.74) is 4.64. The molecule has 2 aromatic heterocycles. The van der Waals surface area contributed by atoms with E-state index in [0.29, 0.717) is 33.8 Å². The van der Waals surface area contributed by atoms with Gasteiger partial charge in [-0.15, -0.1) is 0 Å². The molecule has 5 aromatic rings. The van der Waals surface area contributed by atoms with Crippen LogP contribution in [0.15, 0.2) is 89.9 Å². The highest BCUT2D eigenvalue weighted by Gasteiger charge is 2.13. The summed E-state index contributed by atoms with van der Waals surface area (Å²) in [4.78, 5) is 17.9. The van der Waals surface area contributed by atoms with Crippen LogP contribution < -0.4 is 10.7 Å². The first-order valence-electron chi connectivity index (χ1n) is 10.4. The molecular weight excluding hydrogens is 473 g/mol. The van der Waals surface area contributed by atoms with Gasteiger partial charge in [0.1, 0.15) is 10.3 Å². The van der Waals surface area contributed by atoms with Gasteiger partial charge in [0, 0.05) is 41.0 Å². The molecule has 0 fully saturated rings. The molecule has 0 spiro atoms. The third-order valence-corrected chi connectivity index (χ3v) is 7.19. The maximum atomic E-state index is 12.5. The van der Waals surface area contributed by atoms with E-state index in [4.69, 9.17) is 23.2 Å². The number of aromatic nitrogens is 2. The zero-order chi connectivity index (χ0) is 22.8. The molecule has 3 aromatic carbocycles. The van der Waals surface area contributed by atoms with Crippen molar-refractivity contribution >= 4 is 50.0 Å². The SMILES string of the molecule is O=c1ccn(Cc2ccccc2-c2ccccc2)c2sc(NCc3c(Cl)cccc3Cl)nc12. The zero-order valence-corrected chi connectivity index (χ0v) is 19.8. The molecule has 0 bridgehead atoms. The van der Waals surface area contributed by atoms with E-state index in [9.17, 15) is 4.79 Å². The predicted octanol–water partition coefficient (Wildman–Crippen LogP) is 7.09. The van der Waals surface area contributed by atoms with Crippen LogP contribution >= 0.6 is 34.5 Å². The number of nitrogens with one attached hydrogen (secondary N) is 1. The van der Waals surface area contributed by atoms with Gasteiger partial charge in [0.15, 0.2) is 5.13 Å². The molecule has 0 aliphatic carbocycles. The average molecular weight is 492 g/mol. The Bertz CT molecular complexity index is 1470. The van der Waals surface area contributed by atoms with E-state index in [1.807, 2.05) is 42.6 Å². The van der Waals surface area contributed by atoms with Gasteiger partial charge in [-0.25, -0.2) is 4.98 Å². The monoisotopic (exact) mass is 491 g/mol.